The number of thioether (sulfide) groups is 1. The summed E-state index contributed by atoms with van der Waals surface area (Å²) in [5.74, 6) is 0.626. The van der Waals surface area contributed by atoms with Crippen LogP contribution in [0.3, 0.4) is 0 Å². The molecule has 0 bridgehead atoms. The van der Waals surface area contributed by atoms with E-state index in [9.17, 15) is 0 Å². The van der Waals surface area contributed by atoms with Crippen LogP contribution in [0, 0.1) is 5.92 Å². The number of hydrogen-bond acceptors (Lipinski definition) is 1. The van der Waals surface area contributed by atoms with E-state index in [1.54, 1.807) is 10.5 Å². The first kappa shape index (κ1) is 10.5. The molecule has 0 N–H and O–H groups in total. The fourth-order valence-electron chi connectivity index (χ4n) is 3.03. The molecule has 0 amide bonds. The lowest BCUT2D eigenvalue weighted by molar-refractivity contribution is 0.748. The van der Waals surface area contributed by atoms with Gasteiger partial charge in [0.1, 0.15) is 0 Å². The van der Waals surface area contributed by atoms with E-state index in [2.05, 4.69) is 60.7 Å². The van der Waals surface area contributed by atoms with Gasteiger partial charge in [-0.2, -0.15) is 0 Å². The molecule has 2 unspecified atom stereocenters. The Bertz CT molecular complexity index is 616. The van der Waals surface area contributed by atoms with E-state index in [1.165, 1.54) is 11.1 Å². The second kappa shape index (κ2) is 4.03. The molecule has 1 aromatic carbocycles. The molecule has 88 valence electrons. The smallest absolute Gasteiger partial charge is 0.0566 e. The highest BCUT2D eigenvalue weighted by Gasteiger charge is 2.36. The Labute approximate surface area is 112 Å². The predicted octanol–water partition coefficient (Wildman–Crippen LogP) is 4.89. The molecule has 1 heterocycles. The average Bonchev–Trinajstić information content (AvgIpc) is 2.69. The quantitative estimate of drug-likeness (QED) is 0.632. The van der Waals surface area contributed by atoms with Crippen LogP contribution >= 0.6 is 11.8 Å². The van der Waals surface area contributed by atoms with Gasteiger partial charge in [0.25, 0.3) is 0 Å². The van der Waals surface area contributed by atoms with Gasteiger partial charge in [0.05, 0.1) is 5.25 Å². The highest BCUT2D eigenvalue weighted by molar-refractivity contribution is 8.03. The summed E-state index contributed by atoms with van der Waals surface area (Å²) < 4.78 is 0. The second-order valence-corrected chi connectivity index (χ2v) is 6.12. The lowest BCUT2D eigenvalue weighted by atomic mass is 9.88. The molecular weight excluding hydrogens is 236 g/mol. The van der Waals surface area contributed by atoms with Crippen molar-refractivity contribution < 1.29 is 0 Å². The highest BCUT2D eigenvalue weighted by atomic mass is 32.2. The van der Waals surface area contributed by atoms with Crippen LogP contribution in [0.1, 0.15) is 22.8 Å². The summed E-state index contributed by atoms with van der Waals surface area (Å²) in [7, 11) is 0. The van der Waals surface area contributed by atoms with Gasteiger partial charge in [-0.25, -0.2) is 0 Å². The normalized spacial score (nSPS) is 27.8. The van der Waals surface area contributed by atoms with Crippen molar-refractivity contribution in [2.24, 2.45) is 5.92 Å². The van der Waals surface area contributed by atoms with Crippen LogP contribution in [-0.2, 0) is 0 Å². The average molecular weight is 250 g/mol. The van der Waals surface area contributed by atoms with Crippen LogP contribution in [0.15, 0.2) is 65.1 Å². The molecule has 0 radical (unpaired) electrons. The summed E-state index contributed by atoms with van der Waals surface area (Å²) in [5, 5.41) is 0.521. The fraction of sp³-hybridized carbons (Fsp3) is 0.176. The number of hydrogen-bond donors (Lipinski definition) is 0. The molecule has 0 saturated carbocycles. The molecule has 0 nitrogen and oxygen atoms in total. The van der Waals surface area contributed by atoms with Crippen molar-refractivity contribution >= 4 is 17.8 Å². The van der Waals surface area contributed by atoms with Crippen LogP contribution in [0.2, 0.25) is 0 Å². The minimum Gasteiger partial charge on any atom is -0.117 e. The van der Waals surface area contributed by atoms with Crippen molar-refractivity contribution in [2.45, 2.75) is 11.7 Å². The van der Waals surface area contributed by atoms with Crippen LogP contribution in [0.4, 0.5) is 0 Å². The molecule has 2 aliphatic carbocycles. The molecular formula is C17H14S. The highest BCUT2D eigenvalue weighted by Crippen LogP contribution is 2.57. The predicted molar refractivity (Wildman–Crippen MR) is 79.2 cm³/mol. The van der Waals surface area contributed by atoms with Crippen molar-refractivity contribution in [3.05, 3.63) is 76.3 Å². The maximum absolute atomic E-state index is 2.34. The van der Waals surface area contributed by atoms with E-state index in [1.807, 2.05) is 11.8 Å². The monoisotopic (exact) mass is 250 g/mol. The van der Waals surface area contributed by atoms with Gasteiger partial charge in [0.15, 0.2) is 0 Å². The molecule has 4 rings (SSSR count). The van der Waals surface area contributed by atoms with Crippen LogP contribution < -0.4 is 0 Å². The van der Waals surface area contributed by atoms with Crippen molar-refractivity contribution in [1.29, 1.82) is 0 Å². The summed E-state index contributed by atoms with van der Waals surface area (Å²) >= 11 is 2.04. The zero-order valence-electron chi connectivity index (χ0n) is 10.0. The molecule has 3 aliphatic rings. The van der Waals surface area contributed by atoms with E-state index in [0.29, 0.717) is 11.2 Å². The summed E-state index contributed by atoms with van der Waals surface area (Å²) in [6.07, 6.45) is 14.7. The van der Waals surface area contributed by atoms with Gasteiger partial charge in [0, 0.05) is 5.92 Å². The van der Waals surface area contributed by atoms with Crippen LogP contribution in [0.5, 0.6) is 0 Å². The van der Waals surface area contributed by atoms with Gasteiger partial charge in [-0.1, -0.05) is 60.7 Å². The largest absolute Gasteiger partial charge is 0.117 e. The van der Waals surface area contributed by atoms with Crippen LogP contribution in [-0.4, -0.2) is 0 Å². The Kier molecular flexibility index (Phi) is 2.34. The number of benzene rings is 1. The van der Waals surface area contributed by atoms with Crippen LogP contribution in [0.25, 0.3) is 6.08 Å². The lowest BCUT2D eigenvalue weighted by Crippen LogP contribution is -2.03. The molecule has 1 fully saturated rings. The molecule has 1 heteroatoms. The molecule has 1 aromatic rings. The summed E-state index contributed by atoms with van der Waals surface area (Å²) in [6, 6.07) is 8.78. The molecule has 18 heavy (non-hydrogen) atoms. The summed E-state index contributed by atoms with van der Waals surface area (Å²) in [6.45, 7) is 0. The van der Waals surface area contributed by atoms with Gasteiger partial charge in [-0.15, -0.1) is 11.8 Å². The third kappa shape index (κ3) is 1.47. The molecule has 0 aromatic heterocycles. The second-order valence-electron chi connectivity index (χ2n) is 4.94. The molecule has 1 aliphatic heterocycles. The maximum atomic E-state index is 2.34. The lowest BCUT2D eigenvalue weighted by Gasteiger charge is -2.15. The molecule has 0 spiro atoms. The third-order valence-electron chi connectivity index (χ3n) is 3.91. The van der Waals surface area contributed by atoms with E-state index in [0.717, 1.165) is 6.42 Å². The zero-order valence-corrected chi connectivity index (χ0v) is 10.9. The Hall–Kier alpha value is -1.47. The third-order valence-corrected chi connectivity index (χ3v) is 5.37. The Morgan fingerprint density at radius 1 is 1.06 bits per heavy atom. The van der Waals surface area contributed by atoms with Crippen molar-refractivity contribution in [2.75, 3.05) is 0 Å². The van der Waals surface area contributed by atoms with Crippen molar-refractivity contribution in [3.8, 4) is 0 Å². The summed E-state index contributed by atoms with van der Waals surface area (Å²) in [5.41, 5.74) is 4.42. The van der Waals surface area contributed by atoms with Crippen molar-refractivity contribution in [1.82, 2.24) is 0 Å². The first-order chi connectivity index (χ1) is 8.93. The molecule has 1 saturated heterocycles. The van der Waals surface area contributed by atoms with E-state index in [-0.39, 0.29) is 0 Å². The van der Waals surface area contributed by atoms with Gasteiger partial charge in [-0.3, -0.25) is 0 Å². The minimum atomic E-state index is 0.521. The van der Waals surface area contributed by atoms with Gasteiger partial charge in [-0.05, 0) is 28.0 Å². The molecule has 2 atom stereocenters. The number of rotatable bonds is 0. The van der Waals surface area contributed by atoms with Gasteiger partial charge >= 0.3 is 0 Å². The Balaban J connectivity index is 1.87. The van der Waals surface area contributed by atoms with E-state index >= 15 is 0 Å². The minimum absolute atomic E-state index is 0.521. The summed E-state index contributed by atoms with van der Waals surface area (Å²) in [4.78, 5) is 1.54. The Morgan fingerprint density at radius 2 is 2.00 bits per heavy atom. The van der Waals surface area contributed by atoms with Gasteiger partial charge in [0.2, 0.25) is 0 Å². The van der Waals surface area contributed by atoms with Gasteiger partial charge < -0.3 is 0 Å². The number of allylic oxidation sites excluding steroid dienone is 6. The Morgan fingerprint density at radius 3 is 3.00 bits per heavy atom. The SMILES string of the molecule is C1=CCC2C(=C1)SC1C2=CC=Cc2ccccc21. The van der Waals surface area contributed by atoms with E-state index < -0.39 is 0 Å². The topological polar surface area (TPSA) is 0 Å². The maximum Gasteiger partial charge on any atom is 0.0566 e. The standard InChI is InChI=1S/C17H14S/c1-2-8-13-12(6-1)7-5-10-15-14-9-3-4-11-16(14)18-17(13)15/h1-8,10-11,14,17H,9H2. The van der Waals surface area contributed by atoms with Crippen molar-refractivity contribution in [3.63, 3.8) is 0 Å². The fourth-order valence-corrected chi connectivity index (χ4v) is 4.58. The first-order valence-electron chi connectivity index (χ1n) is 6.44. The zero-order chi connectivity index (χ0) is 11.9. The first-order valence-corrected chi connectivity index (χ1v) is 7.32. The van der Waals surface area contributed by atoms with E-state index in [4.69, 9.17) is 0 Å². The number of fused-ring (bicyclic) bond motifs is 5.